The van der Waals surface area contributed by atoms with Crippen LogP contribution in [0.25, 0.3) is 27.8 Å². The highest BCUT2D eigenvalue weighted by atomic mass is 16.5. The summed E-state index contributed by atoms with van der Waals surface area (Å²) < 4.78 is 7.44. The number of hydrazone groups is 1. The molecule has 9 nitrogen and oxygen atoms in total. The highest BCUT2D eigenvalue weighted by molar-refractivity contribution is 5.99. The number of hydrogen-bond donors (Lipinski definition) is 2. The molecular formula is C25H24N8O. The van der Waals surface area contributed by atoms with Gasteiger partial charge in [0, 0.05) is 65.3 Å². The van der Waals surface area contributed by atoms with Crippen molar-refractivity contribution in [2.45, 2.75) is 6.92 Å². The minimum absolute atomic E-state index is 0.651. The van der Waals surface area contributed by atoms with Crippen molar-refractivity contribution < 1.29 is 4.74 Å². The lowest BCUT2D eigenvalue weighted by Crippen LogP contribution is -2.37. The number of morpholine rings is 1. The van der Waals surface area contributed by atoms with Crippen LogP contribution in [0.1, 0.15) is 11.3 Å². The number of fused-ring (bicyclic) bond motifs is 2. The van der Waals surface area contributed by atoms with E-state index >= 15 is 0 Å². The lowest BCUT2D eigenvalue weighted by molar-refractivity contribution is 0.122. The third-order valence-corrected chi connectivity index (χ3v) is 5.95. The SMILES string of the molecule is Cc1ccc(-c2cc3nc(N/N=C\c4c[nH]c5ccccc45)cc(N4CCOCC4)n3n2)cn1. The van der Waals surface area contributed by atoms with Crippen molar-refractivity contribution in [2.75, 3.05) is 36.6 Å². The molecule has 1 saturated heterocycles. The van der Waals surface area contributed by atoms with Gasteiger partial charge in [-0.2, -0.15) is 14.7 Å². The van der Waals surface area contributed by atoms with Crippen molar-refractivity contribution in [1.29, 1.82) is 0 Å². The Morgan fingerprint density at radius 1 is 1.12 bits per heavy atom. The number of para-hydroxylation sites is 1. The molecule has 2 N–H and O–H groups in total. The smallest absolute Gasteiger partial charge is 0.160 e. The van der Waals surface area contributed by atoms with E-state index in [2.05, 4.69) is 31.5 Å². The van der Waals surface area contributed by atoms with Crippen LogP contribution in [0.5, 0.6) is 0 Å². The van der Waals surface area contributed by atoms with Crippen molar-refractivity contribution in [3.8, 4) is 11.3 Å². The Balaban J connectivity index is 1.36. The summed E-state index contributed by atoms with van der Waals surface area (Å²) in [4.78, 5) is 14.7. The van der Waals surface area contributed by atoms with Crippen LogP contribution >= 0.6 is 0 Å². The molecule has 9 heteroatoms. The second-order valence-corrected chi connectivity index (χ2v) is 8.25. The Bertz CT molecular complexity index is 1480. The Labute approximate surface area is 196 Å². The highest BCUT2D eigenvalue weighted by Crippen LogP contribution is 2.26. The number of ether oxygens (including phenoxy) is 1. The molecule has 1 fully saturated rings. The molecule has 1 aliphatic rings. The zero-order valence-electron chi connectivity index (χ0n) is 18.8. The molecule has 5 aromatic rings. The summed E-state index contributed by atoms with van der Waals surface area (Å²) in [5.41, 5.74) is 8.69. The fourth-order valence-corrected chi connectivity index (χ4v) is 4.16. The molecule has 5 heterocycles. The van der Waals surface area contributed by atoms with E-state index < -0.39 is 0 Å². The lowest BCUT2D eigenvalue weighted by atomic mass is 10.2. The average molecular weight is 453 g/mol. The van der Waals surface area contributed by atoms with Gasteiger partial charge in [0.15, 0.2) is 11.5 Å². The number of aromatic amines is 1. The zero-order chi connectivity index (χ0) is 22.9. The summed E-state index contributed by atoms with van der Waals surface area (Å²) in [6.07, 6.45) is 5.60. The van der Waals surface area contributed by atoms with Crippen LogP contribution in [0, 0.1) is 6.92 Å². The first-order valence-corrected chi connectivity index (χ1v) is 11.3. The summed E-state index contributed by atoms with van der Waals surface area (Å²) in [5.74, 6) is 1.60. The monoisotopic (exact) mass is 452 g/mol. The van der Waals surface area contributed by atoms with Gasteiger partial charge < -0.3 is 14.6 Å². The van der Waals surface area contributed by atoms with E-state index in [-0.39, 0.29) is 0 Å². The van der Waals surface area contributed by atoms with Gasteiger partial charge in [0.1, 0.15) is 5.82 Å². The molecular weight excluding hydrogens is 428 g/mol. The summed E-state index contributed by atoms with van der Waals surface area (Å²) in [5, 5.41) is 10.4. The molecule has 0 bridgehead atoms. The van der Waals surface area contributed by atoms with Gasteiger partial charge in [-0.1, -0.05) is 18.2 Å². The Morgan fingerprint density at radius 3 is 2.85 bits per heavy atom. The summed E-state index contributed by atoms with van der Waals surface area (Å²) in [6, 6.07) is 16.1. The Hall–Kier alpha value is -4.24. The number of nitrogens with one attached hydrogen (secondary N) is 2. The number of anilines is 2. The van der Waals surface area contributed by atoms with Crippen molar-refractivity contribution in [2.24, 2.45) is 5.10 Å². The molecule has 34 heavy (non-hydrogen) atoms. The topological polar surface area (TPSA) is 95.7 Å². The van der Waals surface area contributed by atoms with Gasteiger partial charge in [0.2, 0.25) is 0 Å². The van der Waals surface area contributed by atoms with Gasteiger partial charge in [0.25, 0.3) is 0 Å². The quantitative estimate of drug-likeness (QED) is 0.311. The zero-order valence-corrected chi connectivity index (χ0v) is 18.8. The molecule has 0 unspecified atom stereocenters. The number of aromatic nitrogens is 5. The van der Waals surface area contributed by atoms with Gasteiger partial charge in [-0.25, -0.2) is 4.98 Å². The van der Waals surface area contributed by atoms with Crippen LogP contribution in [-0.2, 0) is 4.74 Å². The van der Waals surface area contributed by atoms with Crippen LogP contribution in [0.15, 0.2) is 66.0 Å². The maximum atomic E-state index is 5.55. The number of benzene rings is 1. The second-order valence-electron chi connectivity index (χ2n) is 8.25. The van der Waals surface area contributed by atoms with E-state index in [9.17, 15) is 0 Å². The van der Waals surface area contributed by atoms with E-state index in [4.69, 9.17) is 14.8 Å². The summed E-state index contributed by atoms with van der Waals surface area (Å²) in [6.45, 7) is 4.92. The van der Waals surface area contributed by atoms with Crippen LogP contribution in [0.2, 0.25) is 0 Å². The van der Waals surface area contributed by atoms with E-state index in [1.54, 1.807) is 6.21 Å². The van der Waals surface area contributed by atoms with E-state index in [0.717, 1.165) is 58.0 Å². The standard InChI is InChI=1S/C25H24N8O/c1-17-6-7-18(14-26-17)22-12-24-29-23(13-25(33(24)31-22)32-8-10-34-11-9-32)30-28-16-19-15-27-21-5-3-2-4-20(19)21/h2-7,12-16,27H,8-11H2,1H3,(H,29,30)/b28-16-. The largest absolute Gasteiger partial charge is 0.378 e. The number of rotatable bonds is 5. The minimum atomic E-state index is 0.651. The molecule has 170 valence electrons. The second kappa shape index (κ2) is 8.60. The van der Waals surface area contributed by atoms with Crippen LogP contribution in [0.3, 0.4) is 0 Å². The number of nitrogens with zero attached hydrogens (tertiary/aromatic N) is 6. The number of aryl methyl sites for hydroxylation is 1. The Kier molecular flexibility index (Phi) is 5.15. The van der Waals surface area contributed by atoms with Gasteiger partial charge in [0.05, 0.1) is 25.1 Å². The minimum Gasteiger partial charge on any atom is -0.378 e. The molecule has 4 aromatic heterocycles. The number of H-pyrrole nitrogens is 1. The van der Waals surface area contributed by atoms with Crippen LogP contribution in [0.4, 0.5) is 11.6 Å². The molecule has 0 aliphatic carbocycles. The average Bonchev–Trinajstić information content (AvgIpc) is 3.49. The molecule has 0 atom stereocenters. The van der Waals surface area contributed by atoms with Crippen LogP contribution < -0.4 is 10.3 Å². The molecule has 0 spiro atoms. The summed E-state index contributed by atoms with van der Waals surface area (Å²) >= 11 is 0. The van der Waals surface area contributed by atoms with E-state index in [0.29, 0.717) is 19.0 Å². The predicted octanol–water partition coefficient (Wildman–Crippen LogP) is 3.86. The van der Waals surface area contributed by atoms with Crippen LogP contribution in [-0.4, -0.2) is 57.1 Å². The first-order valence-electron chi connectivity index (χ1n) is 11.3. The van der Waals surface area contributed by atoms with E-state index in [1.807, 2.05) is 66.3 Å². The third kappa shape index (κ3) is 3.86. The van der Waals surface area contributed by atoms with Crippen molar-refractivity contribution in [3.63, 3.8) is 0 Å². The highest BCUT2D eigenvalue weighted by Gasteiger charge is 2.18. The molecule has 0 amide bonds. The predicted molar refractivity (Wildman–Crippen MR) is 134 cm³/mol. The fourth-order valence-electron chi connectivity index (χ4n) is 4.16. The molecule has 1 aliphatic heterocycles. The maximum absolute atomic E-state index is 5.55. The van der Waals surface area contributed by atoms with E-state index in [1.165, 1.54) is 0 Å². The molecule has 0 radical (unpaired) electrons. The van der Waals surface area contributed by atoms with Gasteiger partial charge >= 0.3 is 0 Å². The van der Waals surface area contributed by atoms with Gasteiger partial charge in [-0.15, -0.1) is 0 Å². The summed E-state index contributed by atoms with van der Waals surface area (Å²) in [7, 11) is 0. The fraction of sp³-hybridized carbons (Fsp3) is 0.200. The van der Waals surface area contributed by atoms with Gasteiger partial charge in [-0.05, 0) is 25.1 Å². The molecule has 0 saturated carbocycles. The van der Waals surface area contributed by atoms with Gasteiger partial charge in [-0.3, -0.25) is 10.4 Å². The first kappa shape index (κ1) is 20.4. The third-order valence-electron chi connectivity index (χ3n) is 5.95. The maximum Gasteiger partial charge on any atom is 0.160 e. The Morgan fingerprint density at radius 2 is 2.00 bits per heavy atom. The molecule has 6 rings (SSSR count). The van der Waals surface area contributed by atoms with Crippen molar-refractivity contribution in [3.05, 3.63) is 72.2 Å². The number of hydrogen-bond acceptors (Lipinski definition) is 7. The van der Waals surface area contributed by atoms with Crippen molar-refractivity contribution >= 4 is 34.4 Å². The number of pyridine rings is 1. The normalized spacial score (nSPS) is 14.4. The van der Waals surface area contributed by atoms with Crippen molar-refractivity contribution in [1.82, 2.24) is 24.6 Å². The molecule has 1 aromatic carbocycles. The first-order chi connectivity index (χ1) is 16.7. The lowest BCUT2D eigenvalue weighted by Gasteiger charge is -2.29.